The summed E-state index contributed by atoms with van der Waals surface area (Å²) in [6.07, 6.45) is 0.245. The van der Waals surface area contributed by atoms with Crippen molar-refractivity contribution in [2.24, 2.45) is 0 Å². The molecule has 0 heterocycles. The Hall–Kier alpha value is -2.71. The van der Waals surface area contributed by atoms with Gasteiger partial charge in [0.25, 0.3) is 0 Å². The zero-order valence-electron chi connectivity index (χ0n) is 12.6. The van der Waals surface area contributed by atoms with E-state index >= 15 is 0 Å². The molecule has 0 unspecified atom stereocenters. The SMILES string of the molecule is COc1ccc(Cl)cc1NC(=O)CCNc1ccccc1C#N. The minimum absolute atomic E-state index is 0.174. The van der Waals surface area contributed by atoms with Crippen molar-refractivity contribution in [2.45, 2.75) is 6.42 Å². The Morgan fingerprint density at radius 2 is 2.04 bits per heavy atom. The second-order valence-corrected chi connectivity index (χ2v) is 5.16. The quantitative estimate of drug-likeness (QED) is 0.848. The first kappa shape index (κ1) is 16.7. The van der Waals surface area contributed by atoms with Crippen LogP contribution in [0.4, 0.5) is 11.4 Å². The highest BCUT2D eigenvalue weighted by Gasteiger charge is 2.08. The molecule has 0 bridgehead atoms. The molecule has 5 nitrogen and oxygen atoms in total. The van der Waals surface area contributed by atoms with Crippen molar-refractivity contribution in [3.05, 3.63) is 53.1 Å². The molecule has 0 aromatic heterocycles. The number of hydrogen-bond acceptors (Lipinski definition) is 4. The van der Waals surface area contributed by atoms with Crippen molar-refractivity contribution in [2.75, 3.05) is 24.3 Å². The van der Waals surface area contributed by atoms with Crippen molar-refractivity contribution in [1.82, 2.24) is 0 Å². The molecule has 1 amide bonds. The first-order valence-electron chi connectivity index (χ1n) is 7.00. The van der Waals surface area contributed by atoms with Gasteiger partial charge in [-0.25, -0.2) is 0 Å². The number of anilines is 2. The van der Waals surface area contributed by atoms with E-state index in [9.17, 15) is 4.79 Å². The maximum Gasteiger partial charge on any atom is 0.226 e. The standard InChI is InChI=1S/C17H16ClN3O2/c1-23-16-7-6-13(18)10-15(16)21-17(22)8-9-20-14-5-3-2-4-12(14)11-19/h2-7,10,20H,8-9H2,1H3,(H,21,22). The van der Waals surface area contributed by atoms with Gasteiger partial charge in [-0.3, -0.25) is 4.79 Å². The molecule has 0 fully saturated rings. The van der Waals surface area contributed by atoms with Crippen LogP contribution in [0.25, 0.3) is 0 Å². The molecule has 2 N–H and O–H groups in total. The number of amides is 1. The summed E-state index contributed by atoms with van der Waals surface area (Å²) in [5.41, 5.74) is 1.79. The maximum atomic E-state index is 12.0. The lowest BCUT2D eigenvalue weighted by Gasteiger charge is -2.11. The molecule has 6 heteroatoms. The number of nitrogens with zero attached hydrogens (tertiary/aromatic N) is 1. The predicted molar refractivity (Wildman–Crippen MR) is 90.9 cm³/mol. The first-order chi connectivity index (χ1) is 11.1. The van der Waals surface area contributed by atoms with E-state index in [1.165, 1.54) is 7.11 Å². The van der Waals surface area contributed by atoms with E-state index in [0.717, 1.165) is 0 Å². The Kier molecular flexibility index (Phi) is 5.84. The van der Waals surface area contributed by atoms with Crippen LogP contribution in [0.3, 0.4) is 0 Å². The van der Waals surface area contributed by atoms with Crippen LogP contribution < -0.4 is 15.4 Å². The van der Waals surface area contributed by atoms with Crippen molar-refractivity contribution < 1.29 is 9.53 Å². The van der Waals surface area contributed by atoms with Crippen molar-refractivity contribution in [3.8, 4) is 11.8 Å². The Balaban J connectivity index is 1.91. The molecule has 2 aromatic carbocycles. The van der Waals surface area contributed by atoms with Gasteiger partial charge in [-0.2, -0.15) is 5.26 Å². The summed E-state index contributed by atoms with van der Waals surface area (Å²) in [6, 6.07) is 14.3. The number of carbonyl (C=O) groups is 1. The molecule has 0 radical (unpaired) electrons. The highest BCUT2D eigenvalue weighted by Crippen LogP contribution is 2.27. The fourth-order valence-corrected chi connectivity index (χ4v) is 2.21. The summed E-state index contributed by atoms with van der Waals surface area (Å²) >= 11 is 5.93. The number of rotatable bonds is 6. The first-order valence-corrected chi connectivity index (χ1v) is 7.38. The maximum absolute atomic E-state index is 12.0. The Morgan fingerprint density at radius 3 is 2.78 bits per heavy atom. The third kappa shape index (κ3) is 4.63. The summed E-state index contributed by atoms with van der Waals surface area (Å²) in [6.45, 7) is 0.410. The van der Waals surface area contributed by atoms with Gasteiger partial charge in [0.05, 0.1) is 24.0 Å². The highest BCUT2D eigenvalue weighted by atomic mass is 35.5. The summed E-state index contributed by atoms with van der Waals surface area (Å²) in [5, 5.41) is 15.4. The molecule has 0 saturated heterocycles. The molecular formula is C17H16ClN3O2. The normalized spacial score (nSPS) is 9.78. The van der Waals surface area contributed by atoms with Crippen molar-refractivity contribution in [1.29, 1.82) is 5.26 Å². The molecule has 2 rings (SSSR count). The fourth-order valence-electron chi connectivity index (χ4n) is 2.04. The topological polar surface area (TPSA) is 74.2 Å². The largest absolute Gasteiger partial charge is 0.495 e. The van der Waals surface area contributed by atoms with Gasteiger partial charge in [0.2, 0.25) is 5.91 Å². The van der Waals surface area contributed by atoms with Crippen LogP contribution in [0.15, 0.2) is 42.5 Å². The lowest BCUT2D eigenvalue weighted by atomic mass is 10.2. The Labute approximate surface area is 139 Å². The van der Waals surface area contributed by atoms with Gasteiger partial charge in [-0.05, 0) is 30.3 Å². The average molecular weight is 330 g/mol. The van der Waals surface area contributed by atoms with E-state index in [-0.39, 0.29) is 12.3 Å². The lowest BCUT2D eigenvalue weighted by molar-refractivity contribution is -0.115. The van der Waals surface area contributed by atoms with Crippen LogP contribution in [0, 0.1) is 11.3 Å². The zero-order valence-corrected chi connectivity index (χ0v) is 13.4. The van der Waals surface area contributed by atoms with E-state index in [2.05, 4.69) is 16.7 Å². The average Bonchev–Trinajstić information content (AvgIpc) is 2.55. The van der Waals surface area contributed by atoms with E-state index < -0.39 is 0 Å². The second kappa shape index (κ2) is 8.06. The molecule has 2 aromatic rings. The third-order valence-electron chi connectivity index (χ3n) is 3.15. The number of methoxy groups -OCH3 is 1. The van der Waals surface area contributed by atoms with Crippen molar-refractivity contribution >= 4 is 28.9 Å². The number of carbonyl (C=O) groups excluding carboxylic acids is 1. The lowest BCUT2D eigenvalue weighted by Crippen LogP contribution is -2.17. The minimum atomic E-state index is -0.174. The van der Waals surface area contributed by atoms with E-state index in [4.69, 9.17) is 21.6 Å². The molecule has 0 aliphatic carbocycles. The van der Waals surface area contributed by atoms with Crippen LogP contribution in [-0.2, 0) is 4.79 Å². The molecule has 0 aliphatic rings. The monoisotopic (exact) mass is 329 g/mol. The van der Waals surface area contributed by atoms with Gasteiger partial charge in [-0.1, -0.05) is 23.7 Å². The van der Waals surface area contributed by atoms with Crippen LogP contribution >= 0.6 is 11.6 Å². The Bertz CT molecular complexity index is 741. The molecule has 0 spiro atoms. The van der Waals surface area contributed by atoms with E-state index in [1.54, 1.807) is 36.4 Å². The van der Waals surface area contributed by atoms with Crippen LogP contribution in [0.1, 0.15) is 12.0 Å². The summed E-state index contributed by atoms with van der Waals surface area (Å²) in [7, 11) is 1.53. The smallest absolute Gasteiger partial charge is 0.226 e. The third-order valence-corrected chi connectivity index (χ3v) is 3.39. The minimum Gasteiger partial charge on any atom is -0.495 e. The molecule has 0 aliphatic heterocycles. The molecule has 0 saturated carbocycles. The van der Waals surface area contributed by atoms with Gasteiger partial charge in [0.1, 0.15) is 11.8 Å². The number of benzene rings is 2. The number of ether oxygens (including phenoxy) is 1. The van der Waals surface area contributed by atoms with Gasteiger partial charge < -0.3 is 15.4 Å². The number of hydrogen-bond donors (Lipinski definition) is 2. The number of halogens is 1. The van der Waals surface area contributed by atoms with Gasteiger partial charge in [0.15, 0.2) is 0 Å². The number of nitriles is 1. The molecule has 23 heavy (non-hydrogen) atoms. The van der Waals surface area contributed by atoms with Gasteiger partial charge in [-0.15, -0.1) is 0 Å². The summed E-state index contributed by atoms with van der Waals surface area (Å²) in [4.78, 5) is 12.0. The molecule has 0 atom stereocenters. The highest BCUT2D eigenvalue weighted by molar-refractivity contribution is 6.31. The van der Waals surface area contributed by atoms with Crippen LogP contribution in [0.2, 0.25) is 5.02 Å². The number of para-hydroxylation sites is 1. The fraction of sp³-hybridized carbons (Fsp3) is 0.176. The van der Waals surface area contributed by atoms with Crippen LogP contribution in [0.5, 0.6) is 5.75 Å². The molecule has 118 valence electrons. The summed E-state index contributed by atoms with van der Waals surface area (Å²) in [5.74, 6) is 0.373. The number of nitrogens with one attached hydrogen (secondary N) is 2. The van der Waals surface area contributed by atoms with Crippen molar-refractivity contribution in [3.63, 3.8) is 0 Å². The van der Waals surface area contributed by atoms with E-state index in [0.29, 0.717) is 34.3 Å². The zero-order chi connectivity index (χ0) is 16.7. The van der Waals surface area contributed by atoms with Crippen LogP contribution in [-0.4, -0.2) is 19.6 Å². The van der Waals surface area contributed by atoms with E-state index in [1.807, 2.05) is 6.07 Å². The predicted octanol–water partition coefficient (Wildman–Crippen LogP) is 3.66. The molecular weight excluding hydrogens is 314 g/mol. The van der Waals surface area contributed by atoms with Gasteiger partial charge >= 0.3 is 0 Å². The summed E-state index contributed by atoms with van der Waals surface area (Å²) < 4.78 is 5.18. The van der Waals surface area contributed by atoms with Gasteiger partial charge in [0, 0.05) is 18.0 Å². The second-order valence-electron chi connectivity index (χ2n) is 4.73. The Morgan fingerprint density at radius 1 is 1.26 bits per heavy atom.